The van der Waals surface area contributed by atoms with E-state index in [9.17, 15) is 0 Å². The van der Waals surface area contributed by atoms with Crippen molar-refractivity contribution in [1.82, 2.24) is 5.32 Å². The molecule has 0 unspecified atom stereocenters. The summed E-state index contributed by atoms with van der Waals surface area (Å²) in [5, 5.41) is 3.77. The van der Waals surface area contributed by atoms with Crippen molar-refractivity contribution in [2.75, 3.05) is 0 Å². The van der Waals surface area contributed by atoms with E-state index in [0.717, 1.165) is 12.5 Å². The van der Waals surface area contributed by atoms with Gasteiger partial charge in [-0.05, 0) is 31.7 Å². The molecule has 0 aliphatic heterocycles. The summed E-state index contributed by atoms with van der Waals surface area (Å²) in [5.74, 6) is 0. The highest BCUT2D eigenvalue weighted by Gasteiger charge is 2.15. The van der Waals surface area contributed by atoms with E-state index in [1.165, 1.54) is 37.7 Å². The highest BCUT2D eigenvalue weighted by atomic mass is 14.9. The van der Waals surface area contributed by atoms with Crippen LogP contribution in [0, 0.1) is 0 Å². The van der Waals surface area contributed by atoms with Crippen LogP contribution in [-0.4, -0.2) is 12.1 Å². The molecule has 1 aliphatic carbocycles. The van der Waals surface area contributed by atoms with E-state index in [-0.39, 0.29) is 0 Å². The van der Waals surface area contributed by atoms with Crippen LogP contribution in [0.2, 0.25) is 0 Å². The SMILES string of the molecule is C[C@@H](Cc1ccccc1)NC1CCCCC1. The van der Waals surface area contributed by atoms with Crippen LogP contribution in [0.25, 0.3) is 0 Å². The predicted octanol–water partition coefficient (Wildman–Crippen LogP) is 3.54. The molecular formula is C15H23N. The molecule has 0 bridgehead atoms. The molecule has 1 aromatic carbocycles. The van der Waals surface area contributed by atoms with Crippen molar-refractivity contribution in [3.05, 3.63) is 35.9 Å². The number of benzene rings is 1. The minimum atomic E-state index is 0.602. The van der Waals surface area contributed by atoms with Crippen LogP contribution in [0.3, 0.4) is 0 Å². The molecular weight excluding hydrogens is 194 g/mol. The van der Waals surface area contributed by atoms with Gasteiger partial charge < -0.3 is 5.32 Å². The first kappa shape index (κ1) is 11.7. The summed E-state index contributed by atoms with van der Waals surface area (Å²) >= 11 is 0. The Labute approximate surface area is 99.3 Å². The van der Waals surface area contributed by atoms with Crippen LogP contribution in [0.5, 0.6) is 0 Å². The Balaban J connectivity index is 1.77. The van der Waals surface area contributed by atoms with Crippen molar-refractivity contribution in [3.63, 3.8) is 0 Å². The number of hydrogen-bond donors (Lipinski definition) is 1. The second-order valence-electron chi connectivity index (χ2n) is 5.09. The van der Waals surface area contributed by atoms with E-state index >= 15 is 0 Å². The normalized spacial score (nSPS) is 19.6. The number of hydrogen-bond acceptors (Lipinski definition) is 1. The summed E-state index contributed by atoms with van der Waals surface area (Å²) in [4.78, 5) is 0. The first-order chi connectivity index (χ1) is 7.84. The van der Waals surface area contributed by atoms with Crippen LogP contribution < -0.4 is 5.32 Å². The fraction of sp³-hybridized carbons (Fsp3) is 0.600. The second-order valence-corrected chi connectivity index (χ2v) is 5.09. The van der Waals surface area contributed by atoms with Crippen LogP contribution in [-0.2, 0) is 6.42 Å². The molecule has 0 spiro atoms. The Morgan fingerprint density at radius 2 is 1.81 bits per heavy atom. The molecule has 1 aromatic rings. The zero-order valence-corrected chi connectivity index (χ0v) is 10.3. The maximum absolute atomic E-state index is 3.77. The third-order valence-corrected chi connectivity index (χ3v) is 3.51. The smallest absolute Gasteiger partial charge is 0.00817 e. The zero-order valence-electron chi connectivity index (χ0n) is 10.3. The molecule has 0 radical (unpaired) electrons. The molecule has 1 heteroatoms. The van der Waals surface area contributed by atoms with Gasteiger partial charge >= 0.3 is 0 Å². The topological polar surface area (TPSA) is 12.0 Å². The minimum Gasteiger partial charge on any atom is -0.311 e. The Kier molecular flexibility index (Phi) is 4.41. The monoisotopic (exact) mass is 217 g/mol. The predicted molar refractivity (Wildman–Crippen MR) is 69.6 cm³/mol. The summed E-state index contributed by atoms with van der Waals surface area (Å²) in [6.45, 7) is 2.31. The average molecular weight is 217 g/mol. The molecule has 0 heterocycles. The molecule has 1 saturated carbocycles. The third kappa shape index (κ3) is 3.64. The van der Waals surface area contributed by atoms with Gasteiger partial charge in [0.15, 0.2) is 0 Å². The highest BCUT2D eigenvalue weighted by molar-refractivity contribution is 5.15. The Bertz CT molecular complexity index is 288. The zero-order chi connectivity index (χ0) is 11.2. The van der Waals surface area contributed by atoms with Crippen molar-refractivity contribution in [2.24, 2.45) is 0 Å². The molecule has 1 atom stereocenters. The van der Waals surface area contributed by atoms with Gasteiger partial charge in [0.2, 0.25) is 0 Å². The summed E-state index contributed by atoms with van der Waals surface area (Å²) in [5.41, 5.74) is 1.44. The molecule has 88 valence electrons. The first-order valence-corrected chi connectivity index (χ1v) is 6.64. The van der Waals surface area contributed by atoms with Gasteiger partial charge in [0.05, 0.1) is 0 Å². The molecule has 16 heavy (non-hydrogen) atoms. The molecule has 2 rings (SSSR count). The molecule has 1 aliphatic rings. The molecule has 1 nitrogen and oxygen atoms in total. The van der Waals surface area contributed by atoms with Gasteiger partial charge in [-0.3, -0.25) is 0 Å². The van der Waals surface area contributed by atoms with Crippen molar-refractivity contribution >= 4 is 0 Å². The van der Waals surface area contributed by atoms with Crippen molar-refractivity contribution in [3.8, 4) is 0 Å². The van der Waals surface area contributed by atoms with E-state index in [0.29, 0.717) is 6.04 Å². The summed E-state index contributed by atoms with van der Waals surface area (Å²) in [6, 6.07) is 12.2. The van der Waals surface area contributed by atoms with Gasteiger partial charge in [-0.15, -0.1) is 0 Å². The quantitative estimate of drug-likeness (QED) is 0.813. The van der Waals surface area contributed by atoms with Crippen LogP contribution in [0.15, 0.2) is 30.3 Å². The van der Waals surface area contributed by atoms with Gasteiger partial charge in [0.25, 0.3) is 0 Å². The van der Waals surface area contributed by atoms with Crippen LogP contribution >= 0.6 is 0 Å². The van der Waals surface area contributed by atoms with Gasteiger partial charge in [-0.2, -0.15) is 0 Å². The van der Waals surface area contributed by atoms with Crippen LogP contribution in [0.4, 0.5) is 0 Å². The van der Waals surface area contributed by atoms with Gasteiger partial charge in [0, 0.05) is 12.1 Å². The summed E-state index contributed by atoms with van der Waals surface area (Å²) in [7, 11) is 0. The Morgan fingerprint density at radius 3 is 2.50 bits per heavy atom. The Hall–Kier alpha value is -0.820. The van der Waals surface area contributed by atoms with Gasteiger partial charge in [-0.1, -0.05) is 49.6 Å². The van der Waals surface area contributed by atoms with E-state index in [1.807, 2.05) is 0 Å². The van der Waals surface area contributed by atoms with E-state index in [1.54, 1.807) is 0 Å². The lowest BCUT2D eigenvalue weighted by atomic mass is 9.94. The van der Waals surface area contributed by atoms with Gasteiger partial charge in [0.1, 0.15) is 0 Å². The molecule has 0 saturated heterocycles. The van der Waals surface area contributed by atoms with Crippen molar-refractivity contribution in [1.29, 1.82) is 0 Å². The maximum Gasteiger partial charge on any atom is 0.00817 e. The lowest BCUT2D eigenvalue weighted by Gasteiger charge is -2.26. The maximum atomic E-state index is 3.77. The fourth-order valence-electron chi connectivity index (χ4n) is 2.70. The summed E-state index contributed by atoms with van der Waals surface area (Å²) < 4.78 is 0. The largest absolute Gasteiger partial charge is 0.311 e. The van der Waals surface area contributed by atoms with E-state index < -0.39 is 0 Å². The minimum absolute atomic E-state index is 0.602. The molecule has 0 aromatic heterocycles. The summed E-state index contributed by atoms with van der Waals surface area (Å²) in [6.07, 6.45) is 8.16. The molecule has 1 N–H and O–H groups in total. The second kappa shape index (κ2) is 6.05. The molecule has 1 fully saturated rings. The van der Waals surface area contributed by atoms with E-state index in [4.69, 9.17) is 0 Å². The first-order valence-electron chi connectivity index (χ1n) is 6.64. The van der Waals surface area contributed by atoms with Crippen molar-refractivity contribution < 1.29 is 0 Å². The standard InChI is InChI=1S/C15H23N/c1-13(12-14-8-4-2-5-9-14)16-15-10-6-3-7-11-15/h2,4-5,8-9,13,15-16H,3,6-7,10-12H2,1H3/t13-/m0/s1. The fourth-order valence-corrected chi connectivity index (χ4v) is 2.70. The Morgan fingerprint density at radius 1 is 1.12 bits per heavy atom. The van der Waals surface area contributed by atoms with E-state index in [2.05, 4.69) is 42.6 Å². The lowest BCUT2D eigenvalue weighted by Crippen LogP contribution is -2.38. The third-order valence-electron chi connectivity index (χ3n) is 3.51. The average Bonchev–Trinajstić information content (AvgIpc) is 2.31. The highest BCUT2D eigenvalue weighted by Crippen LogP contribution is 2.18. The number of nitrogens with one attached hydrogen (secondary N) is 1. The molecule has 0 amide bonds. The van der Waals surface area contributed by atoms with Gasteiger partial charge in [-0.25, -0.2) is 0 Å². The lowest BCUT2D eigenvalue weighted by molar-refractivity contribution is 0.343. The number of rotatable bonds is 4. The van der Waals surface area contributed by atoms with Crippen molar-refractivity contribution in [2.45, 2.75) is 57.5 Å². The van der Waals surface area contributed by atoms with Crippen LogP contribution in [0.1, 0.15) is 44.6 Å².